The molecule has 0 saturated heterocycles. The highest BCUT2D eigenvalue weighted by atomic mass is 32.2. The van der Waals surface area contributed by atoms with Gasteiger partial charge >= 0.3 is 12.4 Å². The van der Waals surface area contributed by atoms with Gasteiger partial charge < -0.3 is 5.32 Å². The monoisotopic (exact) mass is 426 g/mol. The second-order valence-electron chi connectivity index (χ2n) is 5.48. The minimum Gasteiger partial charge on any atom is -0.322 e. The van der Waals surface area contributed by atoms with E-state index in [9.17, 15) is 39.6 Å². The van der Waals surface area contributed by atoms with Crippen molar-refractivity contribution in [2.75, 3.05) is 12.4 Å². The van der Waals surface area contributed by atoms with Crippen molar-refractivity contribution >= 4 is 21.6 Å². The quantitative estimate of drug-likeness (QED) is 0.729. The average Bonchev–Trinajstić information content (AvgIpc) is 2.60. The third-order valence-corrected chi connectivity index (χ3v) is 4.97. The van der Waals surface area contributed by atoms with Crippen LogP contribution >= 0.6 is 0 Å². The van der Waals surface area contributed by atoms with Gasteiger partial charge in [0, 0.05) is 11.3 Å². The highest BCUT2D eigenvalue weighted by Crippen LogP contribution is 2.37. The number of sulfonamides is 1. The van der Waals surface area contributed by atoms with E-state index in [1.165, 1.54) is 7.05 Å². The molecular weight excluding hydrogens is 414 g/mol. The minimum atomic E-state index is -5.05. The Balaban J connectivity index is 2.35. The summed E-state index contributed by atoms with van der Waals surface area (Å²) in [7, 11) is -2.61. The van der Waals surface area contributed by atoms with Gasteiger partial charge in [-0.1, -0.05) is 0 Å². The molecule has 0 aromatic heterocycles. The van der Waals surface area contributed by atoms with E-state index in [0.29, 0.717) is 12.1 Å². The van der Waals surface area contributed by atoms with Crippen LogP contribution in [0.4, 0.5) is 32.0 Å². The normalized spacial score (nSPS) is 12.7. The summed E-state index contributed by atoms with van der Waals surface area (Å²) in [4.78, 5) is 12.0. The number of benzene rings is 2. The lowest BCUT2D eigenvalue weighted by Gasteiger charge is -2.15. The Morgan fingerprint density at radius 3 is 1.71 bits per heavy atom. The van der Waals surface area contributed by atoms with Gasteiger partial charge in [0.15, 0.2) is 0 Å². The lowest BCUT2D eigenvalue weighted by atomic mass is 10.1. The maximum atomic E-state index is 12.8. The lowest BCUT2D eigenvalue weighted by Crippen LogP contribution is -2.19. The molecule has 0 radical (unpaired) electrons. The number of nitrogens with one attached hydrogen (secondary N) is 2. The number of halogens is 6. The van der Waals surface area contributed by atoms with E-state index >= 15 is 0 Å². The van der Waals surface area contributed by atoms with Crippen molar-refractivity contribution in [2.24, 2.45) is 0 Å². The second kappa shape index (κ2) is 7.43. The summed E-state index contributed by atoms with van der Waals surface area (Å²) >= 11 is 0. The van der Waals surface area contributed by atoms with Gasteiger partial charge in [-0.2, -0.15) is 26.3 Å². The molecular formula is C16H12F6N2O3S. The number of anilines is 1. The van der Waals surface area contributed by atoms with Gasteiger partial charge in [-0.15, -0.1) is 0 Å². The first-order chi connectivity index (χ1) is 12.7. The summed E-state index contributed by atoms with van der Waals surface area (Å²) in [6.07, 6.45) is -10.1. The van der Waals surface area contributed by atoms with Crippen LogP contribution in [0.25, 0.3) is 0 Å². The molecule has 152 valence electrons. The van der Waals surface area contributed by atoms with Crippen LogP contribution < -0.4 is 10.0 Å². The van der Waals surface area contributed by atoms with Crippen molar-refractivity contribution in [1.82, 2.24) is 4.72 Å². The molecule has 28 heavy (non-hydrogen) atoms. The zero-order chi connectivity index (χ0) is 21.3. The standard InChI is InChI=1S/C16H12F6N2O3S/c1-23-28(26,27)13-4-2-9(3-5-13)14(25)24-12-7-10(15(17,18)19)6-11(8-12)16(20,21)22/h2-8,23H,1H3,(H,24,25). The number of carbonyl (C=O) groups is 1. The molecule has 0 heterocycles. The van der Waals surface area contributed by atoms with Crippen molar-refractivity contribution in [3.05, 3.63) is 59.2 Å². The van der Waals surface area contributed by atoms with E-state index in [4.69, 9.17) is 0 Å². The van der Waals surface area contributed by atoms with Gasteiger partial charge in [-0.25, -0.2) is 13.1 Å². The molecule has 0 atom stereocenters. The Morgan fingerprint density at radius 1 is 0.857 bits per heavy atom. The van der Waals surface area contributed by atoms with E-state index in [0.717, 1.165) is 24.3 Å². The Kier molecular flexibility index (Phi) is 5.76. The Morgan fingerprint density at radius 2 is 1.32 bits per heavy atom. The topological polar surface area (TPSA) is 75.3 Å². The predicted molar refractivity (Wildman–Crippen MR) is 87.1 cm³/mol. The van der Waals surface area contributed by atoms with Crippen LogP contribution in [0, 0.1) is 0 Å². The van der Waals surface area contributed by atoms with Crippen molar-refractivity contribution in [3.8, 4) is 0 Å². The van der Waals surface area contributed by atoms with Gasteiger partial charge in [-0.05, 0) is 49.5 Å². The highest BCUT2D eigenvalue weighted by molar-refractivity contribution is 7.89. The van der Waals surface area contributed by atoms with Crippen LogP contribution in [0.3, 0.4) is 0 Å². The fourth-order valence-electron chi connectivity index (χ4n) is 2.13. The molecule has 0 aliphatic heterocycles. The molecule has 0 fully saturated rings. The fraction of sp³-hybridized carbons (Fsp3) is 0.188. The molecule has 12 heteroatoms. The number of alkyl halides is 6. The molecule has 2 aromatic rings. The van der Waals surface area contributed by atoms with E-state index < -0.39 is 45.1 Å². The molecule has 1 amide bonds. The first-order valence-corrected chi connectivity index (χ1v) is 8.87. The van der Waals surface area contributed by atoms with Crippen LogP contribution in [-0.2, 0) is 22.4 Å². The van der Waals surface area contributed by atoms with Crippen LogP contribution in [0.5, 0.6) is 0 Å². The van der Waals surface area contributed by atoms with Crippen molar-refractivity contribution in [1.29, 1.82) is 0 Å². The molecule has 2 N–H and O–H groups in total. The summed E-state index contributed by atoms with van der Waals surface area (Å²) in [5, 5.41) is 1.95. The largest absolute Gasteiger partial charge is 0.416 e. The molecule has 0 saturated carbocycles. The molecule has 2 rings (SSSR count). The van der Waals surface area contributed by atoms with Crippen LogP contribution in [-0.4, -0.2) is 21.4 Å². The van der Waals surface area contributed by atoms with E-state index in [2.05, 4.69) is 0 Å². The van der Waals surface area contributed by atoms with Crippen LogP contribution in [0.1, 0.15) is 21.5 Å². The maximum Gasteiger partial charge on any atom is 0.416 e. The van der Waals surface area contributed by atoms with E-state index in [1.807, 2.05) is 10.0 Å². The fourth-order valence-corrected chi connectivity index (χ4v) is 2.86. The van der Waals surface area contributed by atoms with E-state index in [-0.39, 0.29) is 16.5 Å². The summed E-state index contributed by atoms with van der Waals surface area (Å²) in [5.41, 5.74) is -4.03. The summed E-state index contributed by atoms with van der Waals surface area (Å²) in [6.45, 7) is 0. The summed E-state index contributed by atoms with van der Waals surface area (Å²) in [6, 6.07) is 4.94. The molecule has 5 nitrogen and oxygen atoms in total. The minimum absolute atomic E-state index is 0.0624. The summed E-state index contributed by atoms with van der Waals surface area (Å²) < 4.78 is 102. The first kappa shape index (κ1) is 21.7. The molecule has 2 aromatic carbocycles. The van der Waals surface area contributed by atoms with Crippen LogP contribution in [0.15, 0.2) is 47.4 Å². The smallest absolute Gasteiger partial charge is 0.322 e. The number of carbonyl (C=O) groups excluding carboxylic acids is 1. The zero-order valence-electron chi connectivity index (χ0n) is 13.9. The summed E-state index contributed by atoms with van der Waals surface area (Å²) in [5.74, 6) is -1.01. The van der Waals surface area contributed by atoms with E-state index in [1.54, 1.807) is 0 Å². The highest BCUT2D eigenvalue weighted by Gasteiger charge is 2.37. The Hall–Kier alpha value is -2.60. The van der Waals surface area contributed by atoms with Crippen molar-refractivity contribution in [3.63, 3.8) is 0 Å². The molecule has 0 aliphatic rings. The number of hydrogen-bond donors (Lipinski definition) is 2. The molecule has 0 bridgehead atoms. The molecule has 0 aliphatic carbocycles. The Bertz CT molecular complexity index is 951. The number of rotatable bonds is 4. The lowest BCUT2D eigenvalue weighted by molar-refractivity contribution is -0.143. The van der Waals surface area contributed by atoms with Crippen LogP contribution in [0.2, 0.25) is 0 Å². The average molecular weight is 426 g/mol. The SMILES string of the molecule is CNS(=O)(=O)c1ccc(C(=O)Nc2cc(C(F)(F)F)cc(C(F)(F)F)c2)cc1. The molecule has 0 unspecified atom stereocenters. The van der Waals surface area contributed by atoms with Gasteiger partial charge in [-0.3, -0.25) is 4.79 Å². The Labute approximate surface area is 155 Å². The third kappa shape index (κ3) is 5.01. The molecule has 0 spiro atoms. The van der Waals surface area contributed by atoms with Gasteiger partial charge in [0.1, 0.15) is 0 Å². The van der Waals surface area contributed by atoms with Crippen molar-refractivity contribution < 1.29 is 39.6 Å². The van der Waals surface area contributed by atoms with Crippen molar-refractivity contribution in [2.45, 2.75) is 17.2 Å². The number of amides is 1. The number of hydrogen-bond acceptors (Lipinski definition) is 3. The third-order valence-electron chi connectivity index (χ3n) is 3.54. The van der Waals surface area contributed by atoms with Gasteiger partial charge in [0.05, 0.1) is 16.0 Å². The second-order valence-corrected chi connectivity index (χ2v) is 7.37. The maximum absolute atomic E-state index is 12.8. The first-order valence-electron chi connectivity index (χ1n) is 7.38. The van der Waals surface area contributed by atoms with Gasteiger partial charge in [0.2, 0.25) is 10.0 Å². The van der Waals surface area contributed by atoms with Gasteiger partial charge in [0.25, 0.3) is 5.91 Å². The predicted octanol–water partition coefficient (Wildman–Crippen LogP) is 3.88. The zero-order valence-corrected chi connectivity index (χ0v) is 14.8.